The quantitative estimate of drug-likeness (QED) is 0.298. The molecule has 0 amide bonds. The van der Waals surface area contributed by atoms with Gasteiger partial charge in [0.2, 0.25) is 5.75 Å². The third-order valence-electron chi connectivity index (χ3n) is 3.92. The number of carbonyl (C=O) groups is 1. The van der Waals surface area contributed by atoms with Crippen molar-refractivity contribution in [1.29, 1.82) is 0 Å². The summed E-state index contributed by atoms with van der Waals surface area (Å²) in [5, 5.41) is 19.0. The van der Waals surface area contributed by atoms with E-state index in [2.05, 4.69) is 18.6 Å². The van der Waals surface area contributed by atoms with Gasteiger partial charge in [-0.2, -0.15) is 0 Å². The number of hydrogen-bond acceptors (Lipinski definition) is 4. The van der Waals surface area contributed by atoms with Gasteiger partial charge in [0.05, 0.1) is 6.61 Å². The van der Waals surface area contributed by atoms with Gasteiger partial charge in [-0.15, -0.1) is 0 Å². The fourth-order valence-corrected chi connectivity index (χ4v) is 2.57. The van der Waals surface area contributed by atoms with Gasteiger partial charge in [0.25, 0.3) is 0 Å². The minimum atomic E-state index is -1.45. The van der Waals surface area contributed by atoms with Crippen LogP contribution in [0.2, 0.25) is 0 Å². The van der Waals surface area contributed by atoms with E-state index in [4.69, 9.17) is 9.84 Å². The fraction of sp³-hybridized carbons (Fsp3) is 0.632. The molecule has 0 heterocycles. The number of aryl methyl sites for hydroxylation is 1. The van der Waals surface area contributed by atoms with E-state index < -0.39 is 6.16 Å². The molecule has 136 valence electrons. The predicted octanol–water partition coefficient (Wildman–Crippen LogP) is 5.53. The molecule has 0 aliphatic carbocycles. The molecule has 0 aromatic heterocycles. The smallest absolute Gasteiger partial charge is 0.502 e. The molecule has 0 fully saturated rings. The molecule has 0 unspecified atom stereocenters. The summed E-state index contributed by atoms with van der Waals surface area (Å²) < 4.78 is 10.4. The fourth-order valence-electron chi connectivity index (χ4n) is 2.57. The van der Waals surface area contributed by atoms with Gasteiger partial charge >= 0.3 is 6.16 Å². The summed E-state index contributed by atoms with van der Waals surface area (Å²) in [5.41, 5.74) is 0.901. The summed E-state index contributed by atoms with van der Waals surface area (Å²) in [5.74, 6) is 0.0584. The molecule has 24 heavy (non-hydrogen) atoms. The van der Waals surface area contributed by atoms with E-state index in [-0.39, 0.29) is 11.5 Å². The lowest BCUT2D eigenvalue weighted by Gasteiger charge is -2.15. The Kier molecular flexibility index (Phi) is 9.73. The Hall–Kier alpha value is -1.91. The Bertz CT molecular complexity index is 499. The largest absolute Gasteiger partial charge is 0.511 e. The van der Waals surface area contributed by atoms with Gasteiger partial charge in [-0.25, -0.2) is 4.79 Å². The second-order valence-electron chi connectivity index (χ2n) is 5.99. The van der Waals surface area contributed by atoms with E-state index in [1.165, 1.54) is 25.3 Å². The van der Waals surface area contributed by atoms with Crippen molar-refractivity contribution in [1.82, 2.24) is 0 Å². The van der Waals surface area contributed by atoms with Crippen molar-refractivity contribution in [3.05, 3.63) is 17.7 Å². The molecule has 1 aromatic carbocycles. The maximum Gasteiger partial charge on any atom is 0.511 e. The van der Waals surface area contributed by atoms with E-state index in [0.29, 0.717) is 12.4 Å². The highest BCUT2D eigenvalue weighted by Crippen LogP contribution is 2.40. The predicted molar refractivity (Wildman–Crippen MR) is 94.2 cm³/mol. The van der Waals surface area contributed by atoms with Crippen LogP contribution in [0.4, 0.5) is 4.79 Å². The van der Waals surface area contributed by atoms with Crippen molar-refractivity contribution in [3.8, 4) is 17.2 Å². The molecule has 0 aliphatic rings. The van der Waals surface area contributed by atoms with Gasteiger partial charge in [-0.1, -0.05) is 58.4 Å². The van der Waals surface area contributed by atoms with Crippen LogP contribution in [-0.2, 0) is 6.42 Å². The number of hydrogen-bond donors (Lipinski definition) is 2. The number of benzene rings is 1. The molecule has 0 aliphatic heterocycles. The summed E-state index contributed by atoms with van der Waals surface area (Å²) in [6.07, 6.45) is 8.18. The second kappa shape index (κ2) is 11.6. The summed E-state index contributed by atoms with van der Waals surface area (Å²) in [6.45, 7) is 4.79. The molecule has 1 aromatic rings. The number of aromatic hydroxyl groups is 1. The lowest BCUT2D eigenvalue weighted by molar-refractivity contribution is 0.142. The van der Waals surface area contributed by atoms with Crippen LogP contribution in [0.15, 0.2) is 12.1 Å². The lowest BCUT2D eigenvalue weighted by Crippen LogP contribution is -2.06. The number of carboxylic acid groups (broad SMARTS) is 1. The summed E-state index contributed by atoms with van der Waals surface area (Å²) >= 11 is 0. The highest BCUT2D eigenvalue weighted by Gasteiger charge is 2.17. The van der Waals surface area contributed by atoms with Gasteiger partial charge in [0, 0.05) is 0 Å². The number of unbranched alkanes of at least 4 members (excludes halogenated alkanes) is 6. The third kappa shape index (κ3) is 7.11. The standard InChI is InChI=1S/C19H30O5/c1-3-5-7-8-9-11-15-12-13-16(24-19(21)22)17(20)18(15)23-14-10-6-4-2/h12-13,20H,3-11,14H2,1-2H3,(H,21,22). The zero-order valence-corrected chi connectivity index (χ0v) is 14.8. The lowest BCUT2D eigenvalue weighted by atomic mass is 10.0. The molecule has 0 radical (unpaired) electrons. The van der Waals surface area contributed by atoms with Crippen LogP contribution >= 0.6 is 0 Å². The number of ether oxygens (including phenoxy) is 2. The topological polar surface area (TPSA) is 76.0 Å². The average Bonchev–Trinajstić information content (AvgIpc) is 2.55. The van der Waals surface area contributed by atoms with Crippen LogP contribution in [0.3, 0.4) is 0 Å². The molecule has 0 atom stereocenters. The van der Waals surface area contributed by atoms with Crippen molar-refractivity contribution in [2.45, 2.75) is 71.6 Å². The van der Waals surface area contributed by atoms with E-state index in [1.54, 1.807) is 6.07 Å². The molecular weight excluding hydrogens is 308 g/mol. The molecule has 0 saturated heterocycles. The third-order valence-corrected chi connectivity index (χ3v) is 3.92. The van der Waals surface area contributed by atoms with Crippen LogP contribution < -0.4 is 9.47 Å². The zero-order chi connectivity index (χ0) is 17.8. The molecule has 5 heteroatoms. The van der Waals surface area contributed by atoms with Gasteiger partial charge in [0.1, 0.15) is 0 Å². The monoisotopic (exact) mass is 338 g/mol. The summed E-state index contributed by atoms with van der Waals surface area (Å²) in [4.78, 5) is 10.7. The second-order valence-corrected chi connectivity index (χ2v) is 5.99. The van der Waals surface area contributed by atoms with Crippen LogP contribution in [-0.4, -0.2) is 23.0 Å². The molecule has 1 rings (SSSR count). The molecule has 2 N–H and O–H groups in total. The van der Waals surface area contributed by atoms with E-state index in [1.807, 2.05) is 0 Å². The molecular formula is C19H30O5. The van der Waals surface area contributed by atoms with Gasteiger partial charge in [0.15, 0.2) is 11.5 Å². The Labute approximate surface area is 144 Å². The van der Waals surface area contributed by atoms with Crippen LogP contribution in [0.25, 0.3) is 0 Å². The molecule has 0 spiro atoms. The first-order chi connectivity index (χ1) is 11.6. The Morgan fingerprint density at radius 1 is 1.00 bits per heavy atom. The van der Waals surface area contributed by atoms with Gasteiger partial charge in [-0.3, -0.25) is 0 Å². The highest BCUT2D eigenvalue weighted by molar-refractivity contribution is 5.65. The van der Waals surface area contributed by atoms with Gasteiger partial charge < -0.3 is 19.7 Å². The highest BCUT2D eigenvalue weighted by atomic mass is 16.7. The van der Waals surface area contributed by atoms with Crippen molar-refractivity contribution < 1.29 is 24.5 Å². The first kappa shape index (κ1) is 20.1. The minimum absolute atomic E-state index is 0.0808. The number of phenols is 1. The van der Waals surface area contributed by atoms with Gasteiger partial charge in [-0.05, 0) is 30.9 Å². The van der Waals surface area contributed by atoms with E-state index >= 15 is 0 Å². The van der Waals surface area contributed by atoms with E-state index in [0.717, 1.165) is 44.1 Å². The number of rotatable bonds is 12. The van der Waals surface area contributed by atoms with Crippen molar-refractivity contribution in [2.75, 3.05) is 6.61 Å². The van der Waals surface area contributed by atoms with Crippen LogP contribution in [0.1, 0.15) is 70.8 Å². The zero-order valence-electron chi connectivity index (χ0n) is 14.8. The molecule has 5 nitrogen and oxygen atoms in total. The van der Waals surface area contributed by atoms with Crippen LogP contribution in [0.5, 0.6) is 17.2 Å². The van der Waals surface area contributed by atoms with E-state index in [9.17, 15) is 9.90 Å². The summed E-state index contributed by atoms with van der Waals surface area (Å²) in [7, 11) is 0. The Morgan fingerprint density at radius 3 is 2.33 bits per heavy atom. The van der Waals surface area contributed by atoms with Crippen LogP contribution in [0, 0.1) is 0 Å². The summed E-state index contributed by atoms with van der Waals surface area (Å²) in [6, 6.07) is 3.27. The first-order valence-electron chi connectivity index (χ1n) is 8.98. The average molecular weight is 338 g/mol. The van der Waals surface area contributed by atoms with Crippen molar-refractivity contribution in [3.63, 3.8) is 0 Å². The van der Waals surface area contributed by atoms with Crippen molar-refractivity contribution >= 4 is 6.16 Å². The number of phenolic OH excluding ortho intramolecular Hbond substituents is 1. The minimum Gasteiger partial charge on any atom is -0.502 e. The maximum absolute atomic E-state index is 10.7. The van der Waals surface area contributed by atoms with Crippen molar-refractivity contribution in [2.24, 2.45) is 0 Å². The normalized spacial score (nSPS) is 10.6. The SMILES string of the molecule is CCCCCCCc1ccc(OC(=O)O)c(O)c1OCCCCC. The molecule has 0 bridgehead atoms. The maximum atomic E-state index is 10.7. The Morgan fingerprint density at radius 2 is 1.67 bits per heavy atom. The first-order valence-corrected chi connectivity index (χ1v) is 8.98. The molecule has 0 saturated carbocycles. The Balaban J connectivity index is 2.78.